The van der Waals surface area contributed by atoms with E-state index in [1.165, 1.54) is 0 Å². The van der Waals surface area contributed by atoms with Crippen molar-refractivity contribution in [2.24, 2.45) is 22.4 Å². The van der Waals surface area contributed by atoms with Crippen LogP contribution in [0.1, 0.15) is 40.5 Å². The average Bonchev–Trinajstić information content (AvgIpc) is 2.27. The monoisotopic (exact) mass is 249 g/mol. The predicted molar refractivity (Wildman–Crippen MR) is 73.9 cm³/mol. The third kappa shape index (κ3) is 3.68. The Morgan fingerprint density at radius 1 is 1.56 bits per heavy atom. The van der Waals surface area contributed by atoms with Gasteiger partial charge in [-0.1, -0.05) is 37.8 Å². The van der Waals surface area contributed by atoms with Gasteiger partial charge < -0.3 is 5.11 Å². The molecule has 3 atom stereocenters. The number of allylic oxidation sites excluding steroid dienone is 1. The van der Waals surface area contributed by atoms with Crippen LogP contribution in [0.2, 0.25) is 0 Å². The van der Waals surface area contributed by atoms with E-state index in [1.807, 2.05) is 6.92 Å². The SMILES string of the molecule is C/C(C#CC1C(C)CC(N=O)CC1(C)C)=C\CO. The summed E-state index contributed by atoms with van der Waals surface area (Å²) in [6, 6.07) is -0.0675. The number of nitroso groups, excluding NO2 is 1. The maximum absolute atomic E-state index is 10.7. The van der Waals surface area contributed by atoms with Crippen LogP contribution in [-0.4, -0.2) is 17.8 Å². The number of aliphatic hydroxyl groups is 1. The first-order chi connectivity index (χ1) is 8.40. The van der Waals surface area contributed by atoms with Gasteiger partial charge in [-0.2, -0.15) is 4.91 Å². The molecule has 3 heteroatoms. The number of aliphatic hydroxyl groups excluding tert-OH is 1. The van der Waals surface area contributed by atoms with Crippen LogP contribution < -0.4 is 0 Å². The standard InChI is InChI=1S/C15H23NO2/c1-11(7-8-17)5-6-14-12(2)9-13(16-18)10-15(14,3)4/h7,12-14,17H,8-10H2,1-4H3/b11-7+. The molecule has 0 aromatic carbocycles. The van der Waals surface area contributed by atoms with E-state index in [0.717, 1.165) is 18.4 Å². The van der Waals surface area contributed by atoms with Gasteiger partial charge in [0.15, 0.2) is 0 Å². The Labute approximate surface area is 110 Å². The molecule has 0 saturated heterocycles. The van der Waals surface area contributed by atoms with Crippen LogP contribution >= 0.6 is 0 Å². The molecule has 100 valence electrons. The van der Waals surface area contributed by atoms with Gasteiger partial charge in [0.2, 0.25) is 0 Å². The van der Waals surface area contributed by atoms with Crippen LogP contribution in [0, 0.1) is 34.0 Å². The minimum atomic E-state index is -0.0675. The largest absolute Gasteiger partial charge is 0.392 e. The number of hydrogen-bond acceptors (Lipinski definition) is 3. The first-order valence-corrected chi connectivity index (χ1v) is 6.52. The van der Waals surface area contributed by atoms with Crippen LogP contribution in [-0.2, 0) is 0 Å². The zero-order valence-electron chi connectivity index (χ0n) is 11.7. The summed E-state index contributed by atoms with van der Waals surface area (Å²) in [7, 11) is 0. The van der Waals surface area contributed by atoms with Crippen LogP contribution in [0.5, 0.6) is 0 Å². The summed E-state index contributed by atoms with van der Waals surface area (Å²) in [6.07, 6.45) is 3.35. The highest BCUT2D eigenvalue weighted by molar-refractivity contribution is 5.28. The highest BCUT2D eigenvalue weighted by Crippen LogP contribution is 2.44. The van der Waals surface area contributed by atoms with Gasteiger partial charge in [-0.3, -0.25) is 0 Å². The van der Waals surface area contributed by atoms with Crippen molar-refractivity contribution in [1.29, 1.82) is 0 Å². The molecule has 0 aromatic heterocycles. The molecule has 1 saturated carbocycles. The normalized spacial score (nSPS) is 31.4. The van der Waals surface area contributed by atoms with Crippen LogP contribution in [0.3, 0.4) is 0 Å². The zero-order chi connectivity index (χ0) is 13.8. The van der Waals surface area contributed by atoms with Crippen molar-refractivity contribution in [1.82, 2.24) is 0 Å². The first-order valence-electron chi connectivity index (χ1n) is 6.52. The Balaban J connectivity index is 2.87. The fraction of sp³-hybridized carbons (Fsp3) is 0.733. The molecule has 0 bridgehead atoms. The Kier molecular flexibility index (Phi) is 5.10. The molecular formula is C15H23NO2. The Hall–Kier alpha value is -1.14. The number of hydrogen-bond donors (Lipinski definition) is 1. The van der Waals surface area contributed by atoms with Crippen molar-refractivity contribution in [2.75, 3.05) is 6.61 Å². The van der Waals surface area contributed by atoms with Gasteiger partial charge in [0.25, 0.3) is 0 Å². The van der Waals surface area contributed by atoms with Crippen molar-refractivity contribution in [2.45, 2.75) is 46.6 Å². The van der Waals surface area contributed by atoms with Gasteiger partial charge in [-0.25, -0.2) is 0 Å². The van der Waals surface area contributed by atoms with E-state index in [9.17, 15) is 4.91 Å². The van der Waals surface area contributed by atoms with Crippen molar-refractivity contribution in [3.05, 3.63) is 16.6 Å². The zero-order valence-corrected chi connectivity index (χ0v) is 11.7. The van der Waals surface area contributed by atoms with E-state index in [1.54, 1.807) is 6.08 Å². The maximum Gasteiger partial charge on any atom is 0.0928 e. The molecule has 0 aromatic rings. The molecule has 1 N–H and O–H groups in total. The van der Waals surface area contributed by atoms with Crippen molar-refractivity contribution in [3.63, 3.8) is 0 Å². The molecule has 0 aliphatic heterocycles. The molecule has 0 spiro atoms. The Morgan fingerprint density at radius 2 is 2.22 bits per heavy atom. The van der Waals surface area contributed by atoms with Gasteiger partial charge in [0, 0.05) is 5.92 Å². The number of nitrogens with zero attached hydrogens (tertiary/aromatic N) is 1. The highest BCUT2D eigenvalue weighted by Gasteiger charge is 2.40. The summed E-state index contributed by atoms with van der Waals surface area (Å²) in [5, 5.41) is 12.0. The predicted octanol–water partition coefficient (Wildman–Crippen LogP) is 3.14. The highest BCUT2D eigenvalue weighted by atomic mass is 16.3. The smallest absolute Gasteiger partial charge is 0.0928 e. The average molecular weight is 249 g/mol. The van der Waals surface area contributed by atoms with E-state index in [0.29, 0.717) is 5.92 Å². The fourth-order valence-corrected chi connectivity index (χ4v) is 2.95. The second kappa shape index (κ2) is 6.15. The summed E-state index contributed by atoms with van der Waals surface area (Å²) < 4.78 is 0. The van der Waals surface area contributed by atoms with Gasteiger partial charge in [-0.15, -0.1) is 0 Å². The molecular weight excluding hydrogens is 226 g/mol. The third-order valence-corrected chi connectivity index (χ3v) is 3.79. The van der Waals surface area contributed by atoms with Crippen LogP contribution in [0.4, 0.5) is 0 Å². The summed E-state index contributed by atoms with van der Waals surface area (Å²) in [6.45, 7) is 8.39. The van der Waals surface area contributed by atoms with Crippen molar-refractivity contribution < 1.29 is 5.11 Å². The van der Waals surface area contributed by atoms with E-state index >= 15 is 0 Å². The van der Waals surface area contributed by atoms with E-state index < -0.39 is 0 Å². The molecule has 0 heterocycles. The molecule has 18 heavy (non-hydrogen) atoms. The molecule has 3 nitrogen and oxygen atoms in total. The van der Waals surface area contributed by atoms with Gasteiger partial charge >= 0.3 is 0 Å². The summed E-state index contributed by atoms with van der Waals surface area (Å²) in [5.74, 6) is 7.09. The molecule has 0 amide bonds. The second-order valence-electron chi connectivity index (χ2n) is 5.98. The number of rotatable bonds is 2. The lowest BCUT2D eigenvalue weighted by atomic mass is 9.63. The fourth-order valence-electron chi connectivity index (χ4n) is 2.95. The third-order valence-electron chi connectivity index (χ3n) is 3.79. The molecule has 1 aliphatic rings. The van der Waals surface area contributed by atoms with Crippen molar-refractivity contribution >= 4 is 0 Å². The minimum absolute atomic E-state index is 0.0166. The topological polar surface area (TPSA) is 49.7 Å². The molecule has 3 unspecified atom stereocenters. The Bertz CT molecular complexity index is 387. The first kappa shape index (κ1) is 14.9. The van der Waals surface area contributed by atoms with E-state index in [2.05, 4.69) is 37.8 Å². The van der Waals surface area contributed by atoms with Gasteiger partial charge in [0.05, 0.1) is 12.6 Å². The quantitative estimate of drug-likeness (QED) is 0.603. The molecule has 1 fully saturated rings. The molecule has 0 radical (unpaired) electrons. The van der Waals surface area contributed by atoms with Crippen LogP contribution in [0.25, 0.3) is 0 Å². The lowest BCUT2D eigenvalue weighted by Gasteiger charge is -2.41. The second-order valence-corrected chi connectivity index (χ2v) is 5.98. The van der Waals surface area contributed by atoms with E-state index in [-0.39, 0.29) is 24.0 Å². The van der Waals surface area contributed by atoms with Crippen LogP contribution in [0.15, 0.2) is 16.8 Å². The summed E-state index contributed by atoms with van der Waals surface area (Å²) in [4.78, 5) is 10.7. The summed E-state index contributed by atoms with van der Waals surface area (Å²) >= 11 is 0. The molecule has 1 rings (SSSR count). The van der Waals surface area contributed by atoms with Gasteiger partial charge in [-0.05, 0) is 42.7 Å². The van der Waals surface area contributed by atoms with Gasteiger partial charge in [0.1, 0.15) is 0 Å². The lowest BCUT2D eigenvalue weighted by molar-refractivity contribution is 0.114. The Morgan fingerprint density at radius 3 is 2.72 bits per heavy atom. The minimum Gasteiger partial charge on any atom is -0.392 e. The lowest BCUT2D eigenvalue weighted by Crippen LogP contribution is -2.38. The maximum atomic E-state index is 10.7. The van der Waals surface area contributed by atoms with Crippen molar-refractivity contribution in [3.8, 4) is 11.8 Å². The van der Waals surface area contributed by atoms with E-state index in [4.69, 9.17) is 5.11 Å². The summed E-state index contributed by atoms with van der Waals surface area (Å²) in [5.41, 5.74) is 0.916. The molecule has 1 aliphatic carbocycles.